The number of fused-ring (bicyclic) bond motifs is 1. The predicted octanol–water partition coefficient (Wildman–Crippen LogP) is 3.60. The van der Waals surface area contributed by atoms with E-state index in [1.807, 2.05) is 4.90 Å². The molecule has 2 heterocycles. The number of rotatable bonds is 6. The van der Waals surface area contributed by atoms with Crippen LogP contribution in [0.5, 0.6) is 0 Å². The summed E-state index contributed by atoms with van der Waals surface area (Å²) in [6.07, 6.45) is 2.78. The van der Waals surface area contributed by atoms with Crippen molar-refractivity contribution >= 4 is 42.6 Å². The number of benzene rings is 2. The number of aromatic nitrogens is 1. The van der Waals surface area contributed by atoms with Gasteiger partial charge >= 0.3 is 0 Å². The fraction of sp³-hybridized carbons (Fsp3) is 0.417. The highest BCUT2D eigenvalue weighted by Crippen LogP contribution is 2.32. The first-order chi connectivity index (χ1) is 15.9. The number of amides is 1. The van der Waals surface area contributed by atoms with Gasteiger partial charge in [-0.15, -0.1) is 0 Å². The second-order valence-corrected chi connectivity index (χ2v) is 11.7. The summed E-state index contributed by atoms with van der Waals surface area (Å²) >= 11 is 1.70. The number of hydrogen-bond acceptors (Lipinski definition) is 6. The fourth-order valence-corrected chi connectivity index (χ4v) is 6.75. The van der Waals surface area contributed by atoms with Crippen LogP contribution in [-0.2, 0) is 16.4 Å². The van der Waals surface area contributed by atoms with E-state index in [1.54, 1.807) is 42.6 Å². The van der Waals surface area contributed by atoms with Crippen molar-refractivity contribution in [1.29, 1.82) is 0 Å². The summed E-state index contributed by atoms with van der Waals surface area (Å²) in [5, 5.41) is 1.01. The normalized spacial score (nSPS) is 17.2. The van der Waals surface area contributed by atoms with Gasteiger partial charge in [0.25, 0.3) is 5.91 Å². The van der Waals surface area contributed by atoms with E-state index in [2.05, 4.69) is 30.0 Å². The van der Waals surface area contributed by atoms with Crippen molar-refractivity contribution in [3.63, 3.8) is 0 Å². The Morgan fingerprint density at radius 3 is 2.42 bits per heavy atom. The molecule has 2 fully saturated rings. The fourth-order valence-electron chi connectivity index (χ4n) is 4.27. The maximum Gasteiger partial charge on any atom is 0.253 e. The number of carbonyl (C=O) groups is 1. The van der Waals surface area contributed by atoms with Crippen molar-refractivity contribution in [2.45, 2.75) is 37.1 Å². The lowest BCUT2D eigenvalue weighted by Gasteiger charge is -2.34. The summed E-state index contributed by atoms with van der Waals surface area (Å²) in [5.41, 5.74) is 2.86. The van der Waals surface area contributed by atoms with Crippen LogP contribution in [0.25, 0.3) is 10.2 Å². The van der Waals surface area contributed by atoms with Crippen molar-refractivity contribution in [3.05, 3.63) is 53.6 Å². The molecule has 0 bridgehead atoms. The quantitative estimate of drug-likeness (QED) is 0.535. The molecular formula is C24H28N4O3S2. The van der Waals surface area contributed by atoms with Crippen LogP contribution in [0.1, 0.15) is 35.7 Å². The molecule has 1 amide bonds. The molecule has 1 saturated heterocycles. The molecule has 33 heavy (non-hydrogen) atoms. The van der Waals surface area contributed by atoms with Crippen molar-refractivity contribution in [2.75, 3.05) is 38.1 Å². The second kappa shape index (κ2) is 8.70. The lowest BCUT2D eigenvalue weighted by atomic mass is 10.1. The molecule has 1 aliphatic heterocycles. The minimum atomic E-state index is -3.50. The molecular weight excluding hydrogens is 456 g/mol. The molecule has 1 saturated carbocycles. The summed E-state index contributed by atoms with van der Waals surface area (Å²) in [6.45, 7) is 4.82. The van der Waals surface area contributed by atoms with Gasteiger partial charge < -0.3 is 9.80 Å². The first kappa shape index (κ1) is 22.3. The summed E-state index contributed by atoms with van der Waals surface area (Å²) in [6, 6.07) is 12.8. The number of nitrogens with zero attached hydrogens (tertiary/aromatic N) is 4. The molecule has 174 valence electrons. The van der Waals surface area contributed by atoms with Crippen LogP contribution < -0.4 is 4.90 Å². The topological polar surface area (TPSA) is 73.8 Å². The van der Waals surface area contributed by atoms with Gasteiger partial charge in [0.1, 0.15) is 0 Å². The third kappa shape index (κ3) is 4.25. The van der Waals surface area contributed by atoms with E-state index in [9.17, 15) is 13.2 Å². The highest BCUT2D eigenvalue weighted by atomic mass is 32.2. The van der Waals surface area contributed by atoms with Crippen LogP contribution in [0.15, 0.2) is 47.4 Å². The molecule has 2 aliphatic rings. The average molecular weight is 485 g/mol. The Morgan fingerprint density at radius 1 is 1.09 bits per heavy atom. The van der Waals surface area contributed by atoms with Gasteiger partial charge in [0.2, 0.25) is 10.0 Å². The molecule has 3 aromatic rings. The first-order valence-electron chi connectivity index (χ1n) is 11.4. The monoisotopic (exact) mass is 484 g/mol. The average Bonchev–Trinajstić information content (AvgIpc) is 3.60. The summed E-state index contributed by atoms with van der Waals surface area (Å²) in [4.78, 5) is 22.2. The minimum Gasteiger partial charge on any atom is -0.345 e. The number of anilines is 1. The van der Waals surface area contributed by atoms with E-state index in [-0.39, 0.29) is 16.8 Å². The summed E-state index contributed by atoms with van der Waals surface area (Å²) in [5.74, 6) is -0.0632. The van der Waals surface area contributed by atoms with E-state index < -0.39 is 10.0 Å². The molecule has 0 N–H and O–H groups in total. The van der Waals surface area contributed by atoms with Crippen molar-refractivity contribution in [3.8, 4) is 0 Å². The lowest BCUT2D eigenvalue weighted by molar-refractivity contribution is 0.0746. The standard InChI is InChI=1S/C24H28N4O3S2/c1-3-17-5-4-6-21-22(17)25-24(32-21)28-15-13-27(14-16-28)23(29)18-7-11-20(12-8-18)33(30,31)26(2)19-9-10-19/h4-8,11-12,19H,3,9-10,13-16H2,1-2H3. The van der Waals surface area contributed by atoms with Crippen molar-refractivity contribution < 1.29 is 13.2 Å². The van der Waals surface area contributed by atoms with Crippen LogP contribution in [-0.4, -0.2) is 67.8 Å². The van der Waals surface area contributed by atoms with Gasteiger partial charge in [-0.1, -0.05) is 30.4 Å². The lowest BCUT2D eigenvalue weighted by Crippen LogP contribution is -2.48. The van der Waals surface area contributed by atoms with E-state index in [1.165, 1.54) is 14.6 Å². The molecule has 0 spiro atoms. The molecule has 1 aliphatic carbocycles. The molecule has 9 heteroatoms. The number of piperazine rings is 1. The number of aryl methyl sites for hydroxylation is 1. The van der Waals surface area contributed by atoms with Gasteiger partial charge in [0, 0.05) is 44.8 Å². The molecule has 0 radical (unpaired) electrons. The van der Waals surface area contributed by atoms with Crippen molar-refractivity contribution in [2.24, 2.45) is 0 Å². The van der Waals surface area contributed by atoms with E-state index >= 15 is 0 Å². The predicted molar refractivity (Wildman–Crippen MR) is 132 cm³/mol. The number of thiazole rings is 1. The van der Waals surface area contributed by atoms with Gasteiger partial charge in [0.05, 0.1) is 15.1 Å². The Bertz CT molecular complexity index is 1270. The Labute approximate surface area is 198 Å². The zero-order valence-electron chi connectivity index (χ0n) is 18.9. The second-order valence-electron chi connectivity index (χ2n) is 8.67. The van der Waals surface area contributed by atoms with Crippen LogP contribution >= 0.6 is 11.3 Å². The third-order valence-electron chi connectivity index (χ3n) is 6.55. The maximum atomic E-state index is 13.0. The maximum absolute atomic E-state index is 13.0. The van der Waals surface area contributed by atoms with Gasteiger partial charge in [-0.05, 0) is 55.2 Å². The molecule has 0 atom stereocenters. The van der Waals surface area contributed by atoms with Gasteiger partial charge in [-0.3, -0.25) is 4.79 Å². The van der Waals surface area contributed by atoms with Gasteiger partial charge in [0.15, 0.2) is 5.13 Å². The van der Waals surface area contributed by atoms with E-state index in [4.69, 9.17) is 4.98 Å². The van der Waals surface area contributed by atoms with E-state index in [0.29, 0.717) is 18.7 Å². The number of para-hydroxylation sites is 1. The Hall–Kier alpha value is -2.49. The molecule has 7 nitrogen and oxygen atoms in total. The Balaban J connectivity index is 1.24. The van der Waals surface area contributed by atoms with Crippen molar-refractivity contribution in [1.82, 2.24) is 14.2 Å². The molecule has 0 unspecified atom stereocenters. The van der Waals surface area contributed by atoms with Crippen LogP contribution in [0, 0.1) is 0 Å². The Kier molecular flexibility index (Phi) is 5.88. The largest absolute Gasteiger partial charge is 0.345 e. The molecule has 2 aromatic carbocycles. The van der Waals surface area contributed by atoms with Crippen LogP contribution in [0.4, 0.5) is 5.13 Å². The highest BCUT2D eigenvalue weighted by Gasteiger charge is 2.35. The summed E-state index contributed by atoms with van der Waals surface area (Å²) < 4.78 is 28.0. The highest BCUT2D eigenvalue weighted by molar-refractivity contribution is 7.89. The number of hydrogen-bond donors (Lipinski definition) is 0. The zero-order valence-corrected chi connectivity index (χ0v) is 20.5. The first-order valence-corrected chi connectivity index (χ1v) is 13.6. The SMILES string of the molecule is CCc1cccc2sc(N3CCN(C(=O)c4ccc(S(=O)(=O)N(C)C5CC5)cc4)CC3)nc12. The van der Waals surface area contributed by atoms with Gasteiger partial charge in [-0.2, -0.15) is 4.31 Å². The van der Waals surface area contributed by atoms with Crippen LogP contribution in [0.3, 0.4) is 0 Å². The number of carbonyl (C=O) groups excluding carboxylic acids is 1. The Morgan fingerprint density at radius 2 is 1.79 bits per heavy atom. The molecule has 1 aromatic heterocycles. The molecule has 5 rings (SSSR count). The third-order valence-corrected chi connectivity index (χ3v) is 9.55. The summed E-state index contributed by atoms with van der Waals surface area (Å²) in [7, 11) is -1.88. The van der Waals surface area contributed by atoms with Crippen LogP contribution in [0.2, 0.25) is 0 Å². The minimum absolute atomic E-state index is 0.0632. The van der Waals surface area contributed by atoms with E-state index in [0.717, 1.165) is 43.0 Å². The zero-order chi connectivity index (χ0) is 23.2. The smallest absolute Gasteiger partial charge is 0.253 e. The number of sulfonamides is 1. The van der Waals surface area contributed by atoms with Gasteiger partial charge in [-0.25, -0.2) is 13.4 Å².